The topological polar surface area (TPSA) is 261 Å². The van der Waals surface area contributed by atoms with Crippen LogP contribution in [0, 0.1) is 29.6 Å². The van der Waals surface area contributed by atoms with Gasteiger partial charge in [0, 0.05) is 99.7 Å². The Morgan fingerprint density at radius 3 is 1.00 bits per heavy atom. The first-order chi connectivity index (χ1) is 49.8. The zero-order valence-electron chi connectivity index (χ0n) is 59.3. The lowest BCUT2D eigenvalue weighted by atomic mass is 9.77. The number of amides is 3. The molecule has 0 atom stereocenters. The zero-order chi connectivity index (χ0) is 76.1. The third-order valence-corrected chi connectivity index (χ3v) is 18.7. The fourth-order valence-corrected chi connectivity index (χ4v) is 13.1. The van der Waals surface area contributed by atoms with Crippen LogP contribution in [0.4, 0.5) is 39.5 Å². The molecule has 0 aliphatic heterocycles. The number of para-hydroxylation sites is 3. The van der Waals surface area contributed by atoms with Crippen molar-refractivity contribution >= 4 is 59.2 Å². The summed E-state index contributed by atoms with van der Waals surface area (Å²) in [5.74, 6) is -2.10. The molecule has 3 amide bonds. The highest BCUT2D eigenvalue weighted by Crippen LogP contribution is 2.37. The minimum Gasteiger partial charge on any atom is -0.460 e. The minimum absolute atomic E-state index is 0. The van der Waals surface area contributed by atoms with Crippen molar-refractivity contribution in [1.29, 1.82) is 0 Å². The summed E-state index contributed by atoms with van der Waals surface area (Å²) in [5, 5.41) is 18.2. The van der Waals surface area contributed by atoms with Crippen LogP contribution in [-0.2, 0) is 42.4 Å². The normalized spacial score (nSPS) is 18.2. The molecule has 3 saturated carbocycles. The standard InChI is InChI=1S/C29H30F3N3O3.C27H34F3N3O4.C21H25F3N4O2.ClH/c30-29(31,32)27-24(19-35(34-27)23-10-5-2-6-11-23)28(38)33-17-7-12-25(36)22-15-13-20(14-16-22)18-26(37)21-8-3-1-4-9-21;1-26(2,3)37-23(35)16-18-11-13-19(14-12-18)22(34)10-7-15-31-25(36)21-17-33(20-8-5-4-6-9-20)32-24(21)27(28,29)30;22-21(23,24)19-17(13-28(27-19)16-5-2-1-3-6-16)20(30)26-12-4-7-18(29)14-8-10-15(25)11-9-14;/h1-6,8-11,19-20,22H,7,12-18H2,(H,33,38);4-6,8-9,17-19H,7,10-16H2,1-3H3,(H,31,36);1-3,5-6,13-15H,4,7-12,25H2,(H,26,30);1H. The summed E-state index contributed by atoms with van der Waals surface area (Å²) in [6.07, 6.45) is 0.783. The van der Waals surface area contributed by atoms with Gasteiger partial charge in [0.2, 0.25) is 0 Å². The summed E-state index contributed by atoms with van der Waals surface area (Å²) < 4.78 is 129. The zero-order valence-corrected chi connectivity index (χ0v) is 60.1. The molecule has 4 aromatic carbocycles. The van der Waals surface area contributed by atoms with E-state index in [9.17, 15) is 77.9 Å². The number of halogens is 10. The maximum atomic E-state index is 13.5. The number of aromatic nitrogens is 6. The van der Waals surface area contributed by atoms with Crippen LogP contribution in [-0.4, -0.2) is 107 Å². The minimum atomic E-state index is -4.79. The molecule has 3 fully saturated rings. The van der Waals surface area contributed by atoms with Gasteiger partial charge in [0.25, 0.3) is 17.7 Å². The van der Waals surface area contributed by atoms with Gasteiger partial charge < -0.3 is 26.4 Å². The lowest BCUT2D eigenvalue weighted by molar-refractivity contribution is -0.156. The van der Waals surface area contributed by atoms with Crippen molar-refractivity contribution in [3.05, 3.63) is 179 Å². The quantitative estimate of drug-likeness (QED) is 0.0170. The second kappa shape index (κ2) is 38.8. The predicted molar refractivity (Wildman–Crippen MR) is 379 cm³/mol. The Labute approximate surface area is 615 Å². The van der Waals surface area contributed by atoms with E-state index in [0.717, 1.165) is 96.8 Å². The van der Waals surface area contributed by atoms with Gasteiger partial charge in [0.1, 0.15) is 23.0 Å². The second-order valence-electron chi connectivity index (χ2n) is 27.8. The van der Waals surface area contributed by atoms with Crippen molar-refractivity contribution in [2.75, 3.05) is 19.6 Å². The van der Waals surface area contributed by atoms with Crippen LogP contribution < -0.4 is 21.7 Å². The number of nitrogens with one attached hydrogen (secondary N) is 3. The Morgan fingerprint density at radius 1 is 0.425 bits per heavy atom. The lowest BCUT2D eigenvalue weighted by Gasteiger charge is -2.28. The predicted octanol–water partition coefficient (Wildman–Crippen LogP) is 15.5. The van der Waals surface area contributed by atoms with E-state index in [4.69, 9.17) is 10.5 Å². The fraction of sp³-hybridized carbons (Fsp3) is 0.468. The molecule has 19 nitrogen and oxygen atoms in total. The van der Waals surface area contributed by atoms with Crippen LogP contribution in [0.3, 0.4) is 0 Å². The molecule has 5 N–H and O–H groups in total. The van der Waals surface area contributed by atoms with Gasteiger partial charge in [-0.2, -0.15) is 54.8 Å². The van der Waals surface area contributed by atoms with Gasteiger partial charge in [0.05, 0.1) is 33.8 Å². The van der Waals surface area contributed by atoms with Gasteiger partial charge in [-0.3, -0.25) is 38.4 Å². The lowest BCUT2D eigenvalue weighted by Crippen LogP contribution is -2.30. The van der Waals surface area contributed by atoms with E-state index in [1.54, 1.807) is 91.0 Å². The molecular weight excluding hydrogens is 1420 g/mol. The molecule has 3 aliphatic rings. The first-order valence-electron chi connectivity index (χ1n) is 35.5. The third kappa shape index (κ3) is 25.5. The van der Waals surface area contributed by atoms with Crippen molar-refractivity contribution in [3.8, 4) is 17.1 Å². The number of ether oxygens (including phenoxy) is 1. The Kier molecular flexibility index (Phi) is 30.7. The largest absolute Gasteiger partial charge is 0.460 e. The Bertz CT molecular complexity index is 4030. The third-order valence-electron chi connectivity index (χ3n) is 18.7. The highest BCUT2D eigenvalue weighted by atomic mass is 35.5. The van der Waals surface area contributed by atoms with Gasteiger partial charge in [-0.05, 0) is 165 Å². The van der Waals surface area contributed by atoms with Gasteiger partial charge in [-0.25, -0.2) is 14.0 Å². The second-order valence-corrected chi connectivity index (χ2v) is 27.8. The molecular formula is C77H90ClF9N10O9. The van der Waals surface area contributed by atoms with E-state index in [-0.39, 0.29) is 116 Å². The van der Waals surface area contributed by atoms with E-state index < -0.39 is 75.6 Å². The summed E-state index contributed by atoms with van der Waals surface area (Å²) >= 11 is 0. The Balaban J connectivity index is 0.000000222. The first-order valence-corrected chi connectivity index (χ1v) is 35.5. The first kappa shape index (κ1) is 84.0. The van der Waals surface area contributed by atoms with Crippen molar-refractivity contribution in [2.24, 2.45) is 35.3 Å². The number of ketones is 4. The fourth-order valence-electron chi connectivity index (χ4n) is 13.1. The summed E-state index contributed by atoms with van der Waals surface area (Å²) in [7, 11) is 0. The van der Waals surface area contributed by atoms with Crippen LogP contribution >= 0.6 is 12.4 Å². The molecule has 3 heterocycles. The average molecular weight is 1510 g/mol. The highest BCUT2D eigenvalue weighted by Gasteiger charge is 2.42. The van der Waals surface area contributed by atoms with E-state index in [0.29, 0.717) is 67.6 Å². The maximum absolute atomic E-state index is 13.5. The molecule has 7 aromatic rings. The van der Waals surface area contributed by atoms with Crippen LogP contribution in [0.1, 0.15) is 208 Å². The molecule has 29 heteroatoms. The average Bonchev–Trinajstić information content (AvgIpc) is 1.66. The molecule has 0 unspecified atom stereocenters. The van der Waals surface area contributed by atoms with Gasteiger partial charge in [-0.15, -0.1) is 12.4 Å². The number of alkyl halides is 9. The van der Waals surface area contributed by atoms with Gasteiger partial charge in [-0.1, -0.05) is 84.9 Å². The van der Waals surface area contributed by atoms with Crippen molar-refractivity contribution in [3.63, 3.8) is 0 Å². The van der Waals surface area contributed by atoms with Crippen molar-refractivity contribution < 1.29 is 82.6 Å². The highest BCUT2D eigenvalue weighted by molar-refractivity contribution is 5.97. The number of rotatable bonds is 26. The number of nitrogens with zero attached hydrogens (tertiary/aromatic N) is 6. The van der Waals surface area contributed by atoms with E-state index in [1.165, 1.54) is 0 Å². The molecule has 0 saturated heterocycles. The molecule has 0 radical (unpaired) electrons. The van der Waals surface area contributed by atoms with Crippen LogP contribution in [0.5, 0.6) is 0 Å². The van der Waals surface area contributed by atoms with Gasteiger partial charge in [0.15, 0.2) is 22.9 Å². The molecule has 106 heavy (non-hydrogen) atoms. The maximum Gasteiger partial charge on any atom is 0.435 e. The molecule has 3 aliphatic carbocycles. The van der Waals surface area contributed by atoms with Crippen LogP contribution in [0.25, 0.3) is 17.1 Å². The number of hydrogen-bond donors (Lipinski definition) is 4. The number of nitrogens with two attached hydrogens (primary N) is 1. The van der Waals surface area contributed by atoms with E-state index in [1.807, 2.05) is 51.1 Å². The summed E-state index contributed by atoms with van der Waals surface area (Å²) in [6.45, 7) is 5.76. The van der Waals surface area contributed by atoms with Crippen LogP contribution in [0.15, 0.2) is 140 Å². The molecule has 0 spiro atoms. The van der Waals surface area contributed by atoms with Gasteiger partial charge >= 0.3 is 24.5 Å². The number of benzene rings is 4. The number of Topliss-reactive ketones (excluding diaryl/α,β-unsaturated/α-hetero) is 4. The number of hydrogen-bond acceptors (Lipinski definition) is 13. The molecule has 572 valence electrons. The summed E-state index contributed by atoms with van der Waals surface area (Å²) in [4.78, 5) is 99.5. The molecule has 3 aromatic heterocycles. The van der Waals surface area contributed by atoms with E-state index in [2.05, 4.69) is 31.2 Å². The summed E-state index contributed by atoms with van der Waals surface area (Å²) in [5.41, 5.74) is 1.85. The molecule has 10 rings (SSSR count). The Hall–Kier alpha value is -9.31. The Morgan fingerprint density at radius 2 is 0.708 bits per heavy atom. The monoisotopic (exact) mass is 1500 g/mol. The number of carbonyl (C=O) groups excluding carboxylic acids is 8. The molecule has 0 bridgehead atoms. The summed E-state index contributed by atoms with van der Waals surface area (Å²) in [6, 6.07) is 34.1. The SMILES string of the molecule is CC(C)(C)OC(=O)CC1CCC(C(=O)CCCNC(=O)c2cn(-c3ccccc3)nc2C(F)(F)F)CC1.Cl.NC1CCC(C(=O)CCCNC(=O)c2cn(-c3ccccc3)nc2C(F)(F)F)CC1.O=C(CC1CCC(C(=O)CCCNC(=O)c2cn(-c3ccccc3)nc2C(F)(F)F)CC1)c1ccccc1. The van der Waals surface area contributed by atoms with Crippen LogP contribution in [0.2, 0.25) is 0 Å². The number of esters is 1. The van der Waals surface area contributed by atoms with Crippen molar-refractivity contribution in [2.45, 2.75) is 179 Å². The van der Waals surface area contributed by atoms with E-state index >= 15 is 0 Å². The number of carbonyl (C=O) groups is 8. The van der Waals surface area contributed by atoms with Crippen molar-refractivity contribution in [1.82, 2.24) is 45.3 Å². The smallest absolute Gasteiger partial charge is 0.435 e.